The number of nitrogens with zero attached hydrogens (tertiary/aromatic N) is 1. The summed E-state index contributed by atoms with van der Waals surface area (Å²) in [4.78, 5) is 4.57. The number of hydrogen-bond donors (Lipinski definition) is 1. The third-order valence-electron chi connectivity index (χ3n) is 3.28. The van der Waals surface area contributed by atoms with E-state index in [0.29, 0.717) is 5.92 Å². The van der Waals surface area contributed by atoms with Crippen LogP contribution in [0.5, 0.6) is 5.75 Å². The summed E-state index contributed by atoms with van der Waals surface area (Å²) >= 11 is 1.76. The largest absolute Gasteiger partial charge is 0.497 e. The van der Waals surface area contributed by atoms with Crippen molar-refractivity contribution in [1.29, 1.82) is 0 Å². The minimum atomic E-state index is 0.553. The molecule has 0 aliphatic heterocycles. The maximum absolute atomic E-state index is 5.29. The van der Waals surface area contributed by atoms with Crippen LogP contribution in [-0.4, -0.2) is 25.7 Å². The molecule has 20 heavy (non-hydrogen) atoms. The maximum atomic E-state index is 5.29. The van der Waals surface area contributed by atoms with Crippen LogP contribution >= 0.6 is 11.3 Å². The fraction of sp³-hybridized carbons (Fsp3) is 0.438. The van der Waals surface area contributed by atoms with Crippen molar-refractivity contribution in [3.63, 3.8) is 0 Å². The Bertz CT molecular complexity index is 539. The Balaban J connectivity index is 2.04. The Morgan fingerprint density at radius 2 is 2.20 bits per heavy atom. The minimum Gasteiger partial charge on any atom is -0.497 e. The molecule has 4 heteroatoms. The summed E-state index contributed by atoms with van der Waals surface area (Å²) in [6.07, 6.45) is 2.06. The fourth-order valence-electron chi connectivity index (χ4n) is 2.38. The molecule has 0 saturated carbocycles. The van der Waals surface area contributed by atoms with E-state index in [1.165, 1.54) is 10.6 Å². The Labute approximate surface area is 125 Å². The molecule has 1 aromatic carbocycles. The summed E-state index contributed by atoms with van der Waals surface area (Å²) in [6.45, 7) is 3.05. The molecule has 1 N–H and O–H groups in total. The molecule has 1 heterocycles. The van der Waals surface area contributed by atoms with E-state index < -0.39 is 0 Å². The van der Waals surface area contributed by atoms with Crippen molar-refractivity contribution in [2.45, 2.75) is 19.8 Å². The van der Waals surface area contributed by atoms with Crippen LogP contribution in [0.1, 0.15) is 16.3 Å². The van der Waals surface area contributed by atoms with E-state index in [0.717, 1.165) is 30.8 Å². The first-order valence-corrected chi connectivity index (χ1v) is 7.77. The SMILES string of the molecule is CNCC(Cc1cccc(OC)c1)Cc1nc(C)cs1. The third kappa shape index (κ3) is 4.32. The molecular weight excluding hydrogens is 268 g/mol. The number of methoxy groups -OCH3 is 1. The average Bonchev–Trinajstić information content (AvgIpc) is 2.84. The van der Waals surface area contributed by atoms with Crippen molar-refractivity contribution in [1.82, 2.24) is 10.3 Å². The zero-order valence-electron chi connectivity index (χ0n) is 12.3. The molecule has 0 radical (unpaired) electrons. The summed E-state index contributed by atoms with van der Waals surface area (Å²) in [5, 5.41) is 6.64. The van der Waals surface area contributed by atoms with Crippen LogP contribution in [0.15, 0.2) is 29.6 Å². The number of nitrogens with one attached hydrogen (secondary N) is 1. The molecule has 0 saturated heterocycles. The van der Waals surface area contributed by atoms with Gasteiger partial charge in [0, 0.05) is 17.5 Å². The Morgan fingerprint density at radius 1 is 1.35 bits per heavy atom. The summed E-state index contributed by atoms with van der Waals surface area (Å²) in [6, 6.07) is 8.33. The van der Waals surface area contributed by atoms with Gasteiger partial charge in [0.25, 0.3) is 0 Å². The van der Waals surface area contributed by atoms with Crippen LogP contribution in [0.25, 0.3) is 0 Å². The molecule has 0 spiro atoms. The molecule has 108 valence electrons. The topological polar surface area (TPSA) is 34.1 Å². The highest BCUT2D eigenvalue weighted by atomic mass is 32.1. The molecular formula is C16H22N2OS. The molecule has 2 aromatic rings. The van der Waals surface area contributed by atoms with E-state index in [9.17, 15) is 0 Å². The molecule has 0 amide bonds. The first kappa shape index (κ1) is 15.0. The van der Waals surface area contributed by atoms with E-state index in [1.54, 1.807) is 18.4 Å². The van der Waals surface area contributed by atoms with Gasteiger partial charge in [0.2, 0.25) is 0 Å². The van der Waals surface area contributed by atoms with Gasteiger partial charge in [-0.15, -0.1) is 11.3 Å². The highest BCUT2D eigenvalue weighted by Crippen LogP contribution is 2.20. The van der Waals surface area contributed by atoms with E-state index >= 15 is 0 Å². The van der Waals surface area contributed by atoms with Crippen molar-refractivity contribution < 1.29 is 4.74 Å². The lowest BCUT2D eigenvalue weighted by Gasteiger charge is -2.15. The van der Waals surface area contributed by atoms with Gasteiger partial charge < -0.3 is 10.1 Å². The monoisotopic (exact) mass is 290 g/mol. The number of rotatable bonds is 7. The maximum Gasteiger partial charge on any atom is 0.119 e. The molecule has 0 bridgehead atoms. The second-order valence-corrected chi connectivity index (χ2v) is 6.01. The highest BCUT2D eigenvalue weighted by Gasteiger charge is 2.12. The van der Waals surface area contributed by atoms with Gasteiger partial charge in [0.05, 0.1) is 12.1 Å². The van der Waals surface area contributed by atoms with Crippen molar-refractivity contribution >= 4 is 11.3 Å². The van der Waals surface area contributed by atoms with E-state index in [1.807, 2.05) is 13.1 Å². The van der Waals surface area contributed by atoms with Crippen molar-refractivity contribution in [3.05, 3.63) is 45.9 Å². The number of thiazole rings is 1. The molecule has 0 aliphatic carbocycles. The van der Waals surface area contributed by atoms with Crippen LogP contribution in [0.4, 0.5) is 0 Å². The molecule has 1 unspecified atom stereocenters. The predicted molar refractivity (Wildman–Crippen MR) is 84.7 cm³/mol. The first-order valence-electron chi connectivity index (χ1n) is 6.89. The number of aryl methyl sites for hydroxylation is 1. The van der Waals surface area contributed by atoms with Crippen LogP contribution < -0.4 is 10.1 Å². The van der Waals surface area contributed by atoms with Gasteiger partial charge >= 0.3 is 0 Å². The smallest absolute Gasteiger partial charge is 0.119 e. The summed E-state index contributed by atoms with van der Waals surface area (Å²) in [5.41, 5.74) is 2.44. The Morgan fingerprint density at radius 3 is 2.85 bits per heavy atom. The summed E-state index contributed by atoms with van der Waals surface area (Å²) in [5.74, 6) is 1.48. The van der Waals surface area contributed by atoms with Gasteiger partial charge in [-0.2, -0.15) is 0 Å². The fourth-order valence-corrected chi connectivity index (χ4v) is 3.27. The van der Waals surface area contributed by atoms with Gasteiger partial charge in [0.15, 0.2) is 0 Å². The summed E-state index contributed by atoms with van der Waals surface area (Å²) in [7, 11) is 3.72. The van der Waals surface area contributed by atoms with Crippen LogP contribution in [0.3, 0.4) is 0 Å². The number of aromatic nitrogens is 1. The Kier molecular flexibility index (Phi) is 5.56. The van der Waals surface area contributed by atoms with Gasteiger partial charge in [-0.3, -0.25) is 0 Å². The van der Waals surface area contributed by atoms with Crippen LogP contribution in [0, 0.1) is 12.8 Å². The number of benzene rings is 1. The molecule has 0 aliphatic rings. The average molecular weight is 290 g/mol. The molecule has 1 aromatic heterocycles. The first-order chi connectivity index (χ1) is 9.71. The van der Waals surface area contributed by atoms with Crippen molar-refractivity contribution in [2.75, 3.05) is 20.7 Å². The summed E-state index contributed by atoms with van der Waals surface area (Å²) < 4.78 is 5.29. The van der Waals surface area contributed by atoms with E-state index in [-0.39, 0.29) is 0 Å². The quantitative estimate of drug-likeness (QED) is 0.851. The normalized spacial score (nSPS) is 12.3. The Hall–Kier alpha value is -1.39. The molecule has 3 nitrogen and oxygen atoms in total. The zero-order chi connectivity index (χ0) is 14.4. The van der Waals surface area contributed by atoms with Crippen molar-refractivity contribution in [2.24, 2.45) is 5.92 Å². The molecule has 2 rings (SSSR count). The molecule has 0 fully saturated rings. The van der Waals surface area contributed by atoms with E-state index in [4.69, 9.17) is 4.74 Å². The highest BCUT2D eigenvalue weighted by molar-refractivity contribution is 7.09. The third-order valence-corrected chi connectivity index (χ3v) is 4.27. The second-order valence-electron chi connectivity index (χ2n) is 5.07. The number of ether oxygens (including phenoxy) is 1. The lowest BCUT2D eigenvalue weighted by Crippen LogP contribution is -2.22. The molecule has 1 atom stereocenters. The van der Waals surface area contributed by atoms with Crippen LogP contribution in [0.2, 0.25) is 0 Å². The van der Waals surface area contributed by atoms with E-state index in [2.05, 4.69) is 40.8 Å². The van der Waals surface area contributed by atoms with Gasteiger partial charge in [-0.1, -0.05) is 12.1 Å². The van der Waals surface area contributed by atoms with Gasteiger partial charge in [-0.05, 0) is 50.6 Å². The van der Waals surface area contributed by atoms with Gasteiger partial charge in [-0.25, -0.2) is 4.98 Å². The standard InChI is InChI=1S/C16H22N2OS/c1-12-11-20-16(18-12)9-14(10-17-2)7-13-5-4-6-15(8-13)19-3/h4-6,8,11,14,17H,7,9-10H2,1-3H3. The predicted octanol–water partition coefficient (Wildman–Crippen LogP) is 3.08. The van der Waals surface area contributed by atoms with Crippen LogP contribution in [-0.2, 0) is 12.8 Å². The lowest BCUT2D eigenvalue weighted by atomic mass is 9.96. The van der Waals surface area contributed by atoms with Gasteiger partial charge in [0.1, 0.15) is 5.75 Å². The number of hydrogen-bond acceptors (Lipinski definition) is 4. The minimum absolute atomic E-state index is 0.553. The second kappa shape index (κ2) is 7.41. The zero-order valence-corrected chi connectivity index (χ0v) is 13.2. The van der Waals surface area contributed by atoms with Crippen molar-refractivity contribution in [3.8, 4) is 5.75 Å². The lowest BCUT2D eigenvalue weighted by molar-refractivity contribution is 0.413.